The molecule has 0 bridgehead atoms. The van der Waals surface area contributed by atoms with E-state index < -0.39 is 11.9 Å². The minimum atomic E-state index is -0.906. The second-order valence-corrected chi connectivity index (χ2v) is 6.03. The van der Waals surface area contributed by atoms with E-state index in [1.807, 2.05) is 0 Å². The second kappa shape index (κ2) is 5.99. The van der Waals surface area contributed by atoms with Gasteiger partial charge < -0.3 is 20.1 Å². The first-order valence-corrected chi connectivity index (χ1v) is 7.30. The van der Waals surface area contributed by atoms with Gasteiger partial charge in [-0.05, 0) is 24.7 Å². The van der Waals surface area contributed by atoms with Gasteiger partial charge in [-0.15, -0.1) is 0 Å². The summed E-state index contributed by atoms with van der Waals surface area (Å²) in [6, 6.07) is -0.585. The summed E-state index contributed by atoms with van der Waals surface area (Å²) in [4.78, 5) is 24.8. The predicted octanol–water partition coefficient (Wildman–Crippen LogP) is 1.31. The van der Waals surface area contributed by atoms with Gasteiger partial charge in [-0.3, -0.25) is 4.79 Å². The largest absolute Gasteiger partial charge is 0.481 e. The van der Waals surface area contributed by atoms with E-state index in [4.69, 9.17) is 9.84 Å². The van der Waals surface area contributed by atoms with Crippen LogP contribution < -0.4 is 5.32 Å². The number of rotatable bonds is 5. The fourth-order valence-corrected chi connectivity index (χ4v) is 3.03. The molecule has 0 aromatic carbocycles. The van der Waals surface area contributed by atoms with Crippen molar-refractivity contribution in [3.05, 3.63) is 0 Å². The fourth-order valence-electron chi connectivity index (χ4n) is 3.03. The topological polar surface area (TPSA) is 78.9 Å². The van der Waals surface area contributed by atoms with Crippen molar-refractivity contribution < 1.29 is 19.4 Å². The van der Waals surface area contributed by atoms with Crippen LogP contribution >= 0.6 is 0 Å². The van der Waals surface area contributed by atoms with Gasteiger partial charge >= 0.3 is 12.0 Å². The number of nitrogens with zero attached hydrogens (tertiary/aromatic N) is 1. The monoisotopic (exact) mass is 284 g/mol. The van der Waals surface area contributed by atoms with Crippen LogP contribution in [0, 0.1) is 11.3 Å². The normalized spacial score (nSPS) is 27.7. The molecule has 2 rings (SSSR count). The minimum absolute atomic E-state index is 0.177. The Kier molecular flexibility index (Phi) is 4.52. The van der Waals surface area contributed by atoms with E-state index in [1.165, 1.54) is 11.3 Å². The van der Waals surface area contributed by atoms with Crippen LogP contribution in [0.1, 0.15) is 32.6 Å². The van der Waals surface area contributed by atoms with Gasteiger partial charge in [0, 0.05) is 13.6 Å². The van der Waals surface area contributed by atoms with Crippen molar-refractivity contribution in [1.82, 2.24) is 10.2 Å². The predicted molar refractivity (Wildman–Crippen MR) is 73.5 cm³/mol. The molecular weight excluding hydrogens is 260 g/mol. The van der Waals surface area contributed by atoms with Crippen molar-refractivity contribution in [1.29, 1.82) is 0 Å². The van der Waals surface area contributed by atoms with Crippen molar-refractivity contribution in [2.45, 2.75) is 38.6 Å². The number of hydrogen-bond donors (Lipinski definition) is 2. The van der Waals surface area contributed by atoms with Crippen LogP contribution in [0.25, 0.3) is 0 Å². The molecule has 1 saturated heterocycles. The Morgan fingerprint density at radius 2 is 2.10 bits per heavy atom. The average molecular weight is 284 g/mol. The van der Waals surface area contributed by atoms with Crippen LogP contribution in [0.4, 0.5) is 4.79 Å². The third-order valence-electron chi connectivity index (χ3n) is 4.96. The van der Waals surface area contributed by atoms with E-state index >= 15 is 0 Å². The van der Waals surface area contributed by atoms with E-state index in [9.17, 15) is 9.59 Å². The number of carbonyl (C=O) groups is 2. The van der Waals surface area contributed by atoms with E-state index in [-0.39, 0.29) is 24.1 Å². The highest BCUT2D eigenvalue weighted by Crippen LogP contribution is 2.43. The third kappa shape index (κ3) is 2.90. The molecule has 0 aromatic rings. The van der Waals surface area contributed by atoms with E-state index in [2.05, 4.69) is 12.2 Å². The SMILES string of the molecule is CCC1(CNC(=O)N(C)C2COCC2C(=O)O)CCC1. The van der Waals surface area contributed by atoms with Crippen LogP contribution in [-0.4, -0.2) is 54.9 Å². The van der Waals surface area contributed by atoms with Gasteiger partial charge in [0.05, 0.1) is 19.3 Å². The fraction of sp³-hybridized carbons (Fsp3) is 0.857. The van der Waals surface area contributed by atoms with Crippen molar-refractivity contribution in [3.8, 4) is 0 Å². The molecule has 2 aliphatic rings. The van der Waals surface area contributed by atoms with Gasteiger partial charge in [0.25, 0.3) is 0 Å². The van der Waals surface area contributed by atoms with E-state index in [0.717, 1.165) is 19.3 Å². The summed E-state index contributed by atoms with van der Waals surface area (Å²) in [5, 5.41) is 12.1. The molecule has 6 nitrogen and oxygen atoms in total. The standard InChI is InChI=1S/C14H24N2O4/c1-3-14(5-4-6-14)9-15-13(19)16(2)11-8-20-7-10(11)12(17)18/h10-11H,3-9H2,1-2H3,(H,15,19)(H,17,18). The molecular formula is C14H24N2O4. The van der Waals surface area contributed by atoms with Crippen LogP contribution in [0.2, 0.25) is 0 Å². The number of hydrogen-bond acceptors (Lipinski definition) is 3. The molecule has 2 fully saturated rings. The number of likely N-dealkylation sites (N-methyl/N-ethyl adjacent to an activating group) is 1. The highest BCUT2D eigenvalue weighted by Gasteiger charge is 2.40. The summed E-state index contributed by atoms with van der Waals surface area (Å²) in [5.41, 5.74) is 0.259. The van der Waals surface area contributed by atoms with Crippen LogP contribution in [0.15, 0.2) is 0 Å². The van der Waals surface area contributed by atoms with Crippen LogP contribution in [-0.2, 0) is 9.53 Å². The van der Waals surface area contributed by atoms with Crippen molar-refractivity contribution >= 4 is 12.0 Å². The quantitative estimate of drug-likeness (QED) is 0.798. The smallest absolute Gasteiger partial charge is 0.317 e. The maximum atomic E-state index is 12.2. The molecule has 2 N–H and O–H groups in total. The zero-order valence-electron chi connectivity index (χ0n) is 12.2. The van der Waals surface area contributed by atoms with E-state index in [0.29, 0.717) is 13.2 Å². The van der Waals surface area contributed by atoms with Gasteiger partial charge in [0.1, 0.15) is 5.92 Å². The highest BCUT2D eigenvalue weighted by atomic mass is 16.5. The van der Waals surface area contributed by atoms with Crippen molar-refractivity contribution in [3.63, 3.8) is 0 Å². The molecule has 20 heavy (non-hydrogen) atoms. The summed E-state index contributed by atoms with van der Waals surface area (Å²) < 4.78 is 5.20. The average Bonchev–Trinajstić information content (AvgIpc) is 2.86. The summed E-state index contributed by atoms with van der Waals surface area (Å²) in [6.45, 7) is 3.30. The van der Waals surface area contributed by atoms with Crippen molar-refractivity contribution in [2.24, 2.45) is 11.3 Å². The molecule has 0 spiro atoms. The molecule has 0 radical (unpaired) electrons. The molecule has 2 unspecified atom stereocenters. The van der Waals surface area contributed by atoms with E-state index in [1.54, 1.807) is 7.05 Å². The Balaban J connectivity index is 1.87. The number of ether oxygens (including phenoxy) is 1. The van der Waals surface area contributed by atoms with Gasteiger partial charge in [0.2, 0.25) is 0 Å². The van der Waals surface area contributed by atoms with Gasteiger partial charge in [-0.2, -0.15) is 0 Å². The molecule has 1 heterocycles. The number of amides is 2. The Morgan fingerprint density at radius 1 is 1.40 bits per heavy atom. The first kappa shape index (κ1) is 15.1. The maximum Gasteiger partial charge on any atom is 0.317 e. The zero-order chi connectivity index (χ0) is 14.8. The lowest BCUT2D eigenvalue weighted by Gasteiger charge is -2.42. The zero-order valence-corrected chi connectivity index (χ0v) is 12.2. The number of aliphatic carboxylic acids is 1. The Bertz CT molecular complexity index is 376. The maximum absolute atomic E-state index is 12.2. The highest BCUT2D eigenvalue weighted by molar-refractivity contribution is 5.77. The number of nitrogens with one attached hydrogen (secondary N) is 1. The number of carboxylic acid groups (broad SMARTS) is 1. The molecule has 2 amide bonds. The van der Waals surface area contributed by atoms with Crippen LogP contribution in [0.5, 0.6) is 0 Å². The second-order valence-electron chi connectivity index (χ2n) is 6.03. The van der Waals surface area contributed by atoms with Gasteiger partial charge in [0.15, 0.2) is 0 Å². The summed E-state index contributed by atoms with van der Waals surface area (Å²) in [5.74, 6) is -1.54. The lowest BCUT2D eigenvalue weighted by Crippen LogP contribution is -2.51. The number of carbonyl (C=O) groups excluding carboxylic acids is 1. The number of carboxylic acids is 1. The van der Waals surface area contributed by atoms with Gasteiger partial charge in [-0.1, -0.05) is 13.3 Å². The van der Waals surface area contributed by atoms with Crippen LogP contribution in [0.3, 0.4) is 0 Å². The Morgan fingerprint density at radius 3 is 2.60 bits per heavy atom. The summed E-state index contributed by atoms with van der Waals surface area (Å²) >= 11 is 0. The summed E-state index contributed by atoms with van der Waals surface area (Å²) in [6.07, 6.45) is 4.63. The Labute approximate surface area is 119 Å². The van der Waals surface area contributed by atoms with Gasteiger partial charge in [-0.25, -0.2) is 4.79 Å². The molecule has 1 saturated carbocycles. The summed E-state index contributed by atoms with van der Waals surface area (Å²) in [7, 11) is 1.64. The molecule has 6 heteroatoms. The first-order valence-electron chi connectivity index (χ1n) is 7.30. The number of urea groups is 1. The molecule has 114 valence electrons. The lowest BCUT2D eigenvalue weighted by molar-refractivity contribution is -0.142. The third-order valence-corrected chi connectivity index (χ3v) is 4.96. The first-order chi connectivity index (χ1) is 9.49. The molecule has 2 atom stereocenters. The Hall–Kier alpha value is -1.30. The molecule has 1 aliphatic heterocycles. The van der Waals surface area contributed by atoms with Crippen molar-refractivity contribution in [2.75, 3.05) is 26.8 Å². The molecule has 1 aliphatic carbocycles. The minimum Gasteiger partial charge on any atom is -0.481 e. The lowest BCUT2D eigenvalue weighted by atomic mass is 9.67. The molecule has 0 aromatic heterocycles.